The third-order valence-electron chi connectivity index (χ3n) is 1.12. The number of hydrogen-bond acceptors (Lipinski definition) is 5. The highest BCUT2D eigenvalue weighted by Gasteiger charge is 1.97. The van der Waals surface area contributed by atoms with Crippen LogP contribution in [0.15, 0.2) is 18.2 Å². The molecule has 0 aliphatic carbocycles. The molecule has 0 radical (unpaired) electrons. The van der Waals surface area contributed by atoms with Gasteiger partial charge in [-0.05, 0) is 0 Å². The highest BCUT2D eigenvalue weighted by atomic mass is 16.6. The third kappa shape index (κ3) is 2.37. The minimum absolute atomic E-state index is 0.253. The maximum absolute atomic E-state index is 8.39. The lowest BCUT2D eigenvalue weighted by Gasteiger charge is -2.03. The van der Waals surface area contributed by atoms with E-state index in [0.29, 0.717) is 0 Å². The van der Waals surface area contributed by atoms with Crippen LogP contribution in [-0.2, 0) is 0 Å². The molecule has 0 saturated heterocycles. The third-order valence-corrected chi connectivity index (χ3v) is 1.12. The molecule has 0 atom stereocenters. The Morgan fingerprint density at radius 1 is 1.08 bits per heavy atom. The van der Waals surface area contributed by atoms with Crippen LogP contribution in [-0.4, -0.2) is 28.8 Å². The summed E-state index contributed by atoms with van der Waals surface area (Å²) in [7, 11) is 0. The molecule has 0 fully saturated rings. The molecule has 1 aromatic rings. The molecule has 0 spiro atoms. The predicted molar refractivity (Wildman–Crippen MR) is 39.7 cm³/mol. The summed E-state index contributed by atoms with van der Waals surface area (Å²) in [5.74, 6) is 0.506. The fraction of sp³-hybridized carbons (Fsp3) is 0.286. The second-order valence-corrected chi connectivity index (χ2v) is 1.86. The summed E-state index contributed by atoms with van der Waals surface area (Å²) in [6.07, 6.45) is 0. The van der Waals surface area contributed by atoms with E-state index in [1.54, 1.807) is 18.2 Å². The van der Waals surface area contributed by atoms with E-state index in [-0.39, 0.29) is 11.8 Å². The van der Waals surface area contributed by atoms with E-state index in [9.17, 15) is 0 Å². The lowest BCUT2D eigenvalue weighted by molar-refractivity contribution is 0.0835. The summed E-state index contributed by atoms with van der Waals surface area (Å²) in [5.41, 5.74) is 0. The zero-order chi connectivity index (χ0) is 8.81. The fourth-order valence-electron chi connectivity index (χ4n) is 0.689. The molecule has 1 heterocycles. The predicted octanol–water partition coefficient (Wildman–Crippen LogP) is -0.261. The van der Waals surface area contributed by atoms with Gasteiger partial charge in [0.05, 0.1) is 0 Å². The zero-order valence-corrected chi connectivity index (χ0v) is 6.30. The fourth-order valence-corrected chi connectivity index (χ4v) is 0.689. The monoisotopic (exact) mass is 171 g/mol. The average molecular weight is 171 g/mol. The van der Waals surface area contributed by atoms with Crippen molar-refractivity contribution in [1.82, 2.24) is 4.98 Å². The number of hydrogen-bond donors (Lipinski definition) is 2. The second-order valence-electron chi connectivity index (χ2n) is 1.86. The standard InChI is InChI=1S/C7H9NO4/c9-4-11-6-2-1-3-7(8-6)12-5-10/h1-3,9-10H,4-5H2. The summed E-state index contributed by atoms with van der Waals surface area (Å²) >= 11 is 0. The van der Waals surface area contributed by atoms with Gasteiger partial charge in [-0.3, -0.25) is 0 Å². The molecule has 0 saturated carbocycles. The Balaban J connectivity index is 2.67. The highest BCUT2D eigenvalue weighted by molar-refractivity contribution is 5.19. The largest absolute Gasteiger partial charge is 0.451 e. The molecule has 1 aromatic heterocycles. The first-order valence-electron chi connectivity index (χ1n) is 3.31. The lowest BCUT2D eigenvalue weighted by Crippen LogP contribution is -2.00. The summed E-state index contributed by atoms with van der Waals surface area (Å²) in [6.45, 7) is -0.870. The van der Waals surface area contributed by atoms with Gasteiger partial charge in [0.15, 0.2) is 13.6 Å². The Kier molecular flexibility index (Phi) is 3.31. The lowest BCUT2D eigenvalue weighted by atomic mass is 10.5. The number of ether oxygens (including phenoxy) is 2. The van der Waals surface area contributed by atoms with E-state index in [0.717, 1.165) is 0 Å². The van der Waals surface area contributed by atoms with Crippen LogP contribution < -0.4 is 9.47 Å². The Labute approximate surface area is 69.2 Å². The number of aliphatic hydroxyl groups is 2. The minimum atomic E-state index is -0.435. The molecule has 66 valence electrons. The normalized spacial score (nSPS) is 9.50. The van der Waals surface area contributed by atoms with Crippen molar-refractivity contribution in [3.8, 4) is 11.8 Å². The topological polar surface area (TPSA) is 71.8 Å². The molecule has 0 aromatic carbocycles. The SMILES string of the molecule is OCOc1cccc(OCO)n1. The van der Waals surface area contributed by atoms with Crippen molar-refractivity contribution in [1.29, 1.82) is 0 Å². The van der Waals surface area contributed by atoms with Crippen LogP contribution in [0.1, 0.15) is 0 Å². The summed E-state index contributed by atoms with van der Waals surface area (Å²) in [4.78, 5) is 3.79. The van der Waals surface area contributed by atoms with Gasteiger partial charge in [0, 0.05) is 12.1 Å². The molecule has 0 unspecified atom stereocenters. The number of aromatic nitrogens is 1. The molecule has 5 heteroatoms. The molecule has 0 aliphatic rings. The quantitative estimate of drug-likeness (QED) is 0.610. The molecule has 0 bridgehead atoms. The van der Waals surface area contributed by atoms with Crippen LogP contribution in [0, 0.1) is 0 Å². The molecule has 12 heavy (non-hydrogen) atoms. The van der Waals surface area contributed by atoms with Crippen LogP contribution in [0.4, 0.5) is 0 Å². The van der Waals surface area contributed by atoms with Gasteiger partial charge < -0.3 is 19.7 Å². The number of pyridine rings is 1. The number of nitrogens with zero attached hydrogens (tertiary/aromatic N) is 1. The molecule has 0 amide bonds. The van der Waals surface area contributed by atoms with Gasteiger partial charge in [-0.1, -0.05) is 6.07 Å². The number of aliphatic hydroxyl groups excluding tert-OH is 2. The van der Waals surface area contributed by atoms with E-state index in [1.165, 1.54) is 0 Å². The van der Waals surface area contributed by atoms with Gasteiger partial charge in [0.2, 0.25) is 11.8 Å². The Bertz CT molecular complexity index is 219. The van der Waals surface area contributed by atoms with Gasteiger partial charge >= 0.3 is 0 Å². The van der Waals surface area contributed by atoms with Crippen LogP contribution in [0.3, 0.4) is 0 Å². The van der Waals surface area contributed by atoms with Gasteiger partial charge in [-0.15, -0.1) is 0 Å². The summed E-state index contributed by atoms with van der Waals surface area (Å²) in [6, 6.07) is 4.78. The molecule has 1 rings (SSSR count). The van der Waals surface area contributed by atoms with E-state index in [2.05, 4.69) is 14.5 Å². The maximum Gasteiger partial charge on any atom is 0.218 e. The van der Waals surface area contributed by atoms with Crippen molar-refractivity contribution >= 4 is 0 Å². The van der Waals surface area contributed by atoms with Crippen molar-refractivity contribution < 1.29 is 19.7 Å². The number of rotatable bonds is 4. The molecule has 5 nitrogen and oxygen atoms in total. The Hall–Kier alpha value is -1.33. The molecule has 2 N–H and O–H groups in total. The van der Waals surface area contributed by atoms with Crippen molar-refractivity contribution in [2.45, 2.75) is 0 Å². The van der Waals surface area contributed by atoms with Gasteiger partial charge in [-0.2, -0.15) is 4.98 Å². The smallest absolute Gasteiger partial charge is 0.218 e. The van der Waals surface area contributed by atoms with Gasteiger partial charge in [-0.25, -0.2) is 0 Å². The van der Waals surface area contributed by atoms with Crippen LogP contribution >= 0.6 is 0 Å². The molecular weight excluding hydrogens is 162 g/mol. The first-order chi connectivity index (χ1) is 5.86. The average Bonchev–Trinajstić information content (AvgIpc) is 2.06. The van der Waals surface area contributed by atoms with Crippen LogP contribution in [0.5, 0.6) is 11.8 Å². The van der Waals surface area contributed by atoms with E-state index < -0.39 is 13.6 Å². The maximum atomic E-state index is 8.39. The van der Waals surface area contributed by atoms with Crippen molar-refractivity contribution in [3.63, 3.8) is 0 Å². The Morgan fingerprint density at radius 2 is 1.58 bits per heavy atom. The molecule has 0 aliphatic heterocycles. The molecular formula is C7H9NO4. The van der Waals surface area contributed by atoms with Crippen LogP contribution in [0.25, 0.3) is 0 Å². The van der Waals surface area contributed by atoms with E-state index in [1.807, 2.05) is 0 Å². The first-order valence-corrected chi connectivity index (χ1v) is 3.31. The summed E-state index contributed by atoms with van der Waals surface area (Å²) < 4.78 is 9.35. The van der Waals surface area contributed by atoms with E-state index in [4.69, 9.17) is 10.2 Å². The van der Waals surface area contributed by atoms with Crippen LogP contribution in [0.2, 0.25) is 0 Å². The van der Waals surface area contributed by atoms with Crippen molar-refractivity contribution in [2.75, 3.05) is 13.6 Å². The first kappa shape index (κ1) is 8.76. The van der Waals surface area contributed by atoms with Gasteiger partial charge in [0.1, 0.15) is 0 Å². The van der Waals surface area contributed by atoms with Crippen molar-refractivity contribution in [3.05, 3.63) is 18.2 Å². The second kappa shape index (κ2) is 4.53. The van der Waals surface area contributed by atoms with E-state index >= 15 is 0 Å². The minimum Gasteiger partial charge on any atom is -0.451 e. The van der Waals surface area contributed by atoms with Crippen molar-refractivity contribution in [2.24, 2.45) is 0 Å². The summed E-state index contributed by atoms with van der Waals surface area (Å²) in [5, 5.41) is 16.8. The zero-order valence-electron chi connectivity index (χ0n) is 6.30. The Morgan fingerprint density at radius 3 is 2.00 bits per heavy atom. The van der Waals surface area contributed by atoms with Gasteiger partial charge in [0.25, 0.3) is 0 Å². The highest BCUT2D eigenvalue weighted by Crippen LogP contribution is 2.12.